The molecule has 1 aliphatic carbocycles. The van der Waals surface area contributed by atoms with Crippen LogP contribution in [0.5, 0.6) is 11.5 Å². The van der Waals surface area contributed by atoms with Gasteiger partial charge in [0.15, 0.2) is 11.6 Å². The molecule has 8 nitrogen and oxygen atoms in total. The number of aryl methyl sites for hydroxylation is 1. The van der Waals surface area contributed by atoms with Gasteiger partial charge in [-0.05, 0) is 62.6 Å². The number of halogens is 2. The van der Waals surface area contributed by atoms with Gasteiger partial charge in [-0.25, -0.2) is 17.2 Å². The molecular weight excluding hydrogens is 514 g/mol. The van der Waals surface area contributed by atoms with E-state index in [-0.39, 0.29) is 28.5 Å². The second-order valence-electron chi connectivity index (χ2n) is 9.37. The minimum absolute atomic E-state index is 0.143. The fraction of sp³-hybridized carbons (Fsp3) is 0.259. The number of anilines is 1. The fourth-order valence-electron chi connectivity index (χ4n) is 4.60. The first-order valence-corrected chi connectivity index (χ1v) is 13.6. The predicted octanol–water partition coefficient (Wildman–Crippen LogP) is 5.31. The van der Waals surface area contributed by atoms with Crippen molar-refractivity contribution in [2.75, 3.05) is 10.5 Å². The number of hydrogen-bond donors (Lipinski definition) is 2. The lowest BCUT2D eigenvalue weighted by molar-refractivity contribution is 0.318. The molecule has 5 rings (SSSR count). The van der Waals surface area contributed by atoms with Crippen LogP contribution in [0.1, 0.15) is 31.9 Å². The first kappa shape index (κ1) is 25.5. The number of pyridine rings is 1. The van der Waals surface area contributed by atoms with Crippen molar-refractivity contribution in [2.24, 2.45) is 7.05 Å². The zero-order chi connectivity index (χ0) is 27.2. The maximum atomic E-state index is 14.5. The Balaban J connectivity index is 1.74. The molecule has 2 aromatic carbocycles. The molecule has 2 N–H and O–H groups in total. The molecule has 0 amide bonds. The number of rotatable bonds is 7. The molecule has 11 heteroatoms. The van der Waals surface area contributed by atoms with Gasteiger partial charge in [0, 0.05) is 41.8 Å². The summed E-state index contributed by atoms with van der Waals surface area (Å²) < 4.78 is 62.2. The van der Waals surface area contributed by atoms with Crippen LogP contribution in [0.2, 0.25) is 0 Å². The van der Waals surface area contributed by atoms with Gasteiger partial charge in [0.25, 0.3) is 5.56 Å². The summed E-state index contributed by atoms with van der Waals surface area (Å²) in [5, 5.41) is 10.2. The monoisotopic (exact) mass is 538 g/mol. The summed E-state index contributed by atoms with van der Waals surface area (Å²) in [5.41, 5.74) is 1.11. The van der Waals surface area contributed by atoms with E-state index in [1.54, 1.807) is 19.3 Å². The van der Waals surface area contributed by atoms with Crippen LogP contribution in [-0.4, -0.2) is 23.7 Å². The van der Waals surface area contributed by atoms with Crippen LogP contribution in [0.4, 0.5) is 14.5 Å². The average Bonchev–Trinajstić information content (AvgIpc) is 3.29. The van der Waals surface area contributed by atoms with E-state index in [2.05, 4.69) is 15.8 Å². The molecule has 38 heavy (non-hydrogen) atoms. The van der Waals surface area contributed by atoms with Gasteiger partial charge in [0.05, 0.1) is 28.1 Å². The Hall–Kier alpha value is -4.17. The molecule has 0 radical (unpaired) electrons. The van der Waals surface area contributed by atoms with E-state index in [1.165, 1.54) is 29.7 Å². The molecule has 2 aromatic heterocycles. The lowest BCUT2D eigenvalue weighted by atomic mass is 9.68. The minimum Gasteiger partial charge on any atom is -0.454 e. The summed E-state index contributed by atoms with van der Waals surface area (Å²) in [6, 6.07) is 11.4. The van der Waals surface area contributed by atoms with Crippen molar-refractivity contribution in [2.45, 2.75) is 31.6 Å². The van der Waals surface area contributed by atoms with Crippen molar-refractivity contribution < 1.29 is 21.9 Å². The van der Waals surface area contributed by atoms with E-state index >= 15 is 0 Å². The number of ether oxygens (including phenoxy) is 1. The Labute approximate surface area is 217 Å². The number of sulfonamides is 1. The van der Waals surface area contributed by atoms with Crippen LogP contribution in [0, 0.1) is 23.0 Å². The standard InChI is InChI=1S/C27H24F2N4O4S/c1-3-38(35,36)32-17-6-8-22(37-23-7-5-16(28)11-21(23)29)18(12-17)20-14-33(2)26(34)19-13-24(31-25(19)20)27(15-30)9-4-10-27/h5-8,11-14,31-32H,3-4,9-10H2,1-2H3. The molecule has 2 heterocycles. The Bertz CT molecular complexity index is 1780. The van der Waals surface area contributed by atoms with Crippen molar-refractivity contribution in [3.8, 4) is 28.7 Å². The summed E-state index contributed by atoms with van der Waals surface area (Å²) in [6.45, 7) is 1.50. The molecule has 1 aliphatic rings. The summed E-state index contributed by atoms with van der Waals surface area (Å²) in [5.74, 6) is -1.92. The predicted molar refractivity (Wildman–Crippen MR) is 140 cm³/mol. The molecule has 196 valence electrons. The number of nitriles is 1. The van der Waals surface area contributed by atoms with E-state index in [0.29, 0.717) is 46.6 Å². The number of hydrogen-bond acceptors (Lipinski definition) is 5. The van der Waals surface area contributed by atoms with Gasteiger partial charge >= 0.3 is 0 Å². The number of nitrogens with zero attached hydrogens (tertiary/aromatic N) is 2. The van der Waals surface area contributed by atoms with Crippen LogP contribution < -0.4 is 15.0 Å². The van der Waals surface area contributed by atoms with E-state index in [4.69, 9.17) is 4.74 Å². The lowest BCUT2D eigenvalue weighted by Crippen LogP contribution is -2.32. The number of nitrogens with one attached hydrogen (secondary N) is 2. The number of benzene rings is 2. The van der Waals surface area contributed by atoms with E-state index in [1.807, 2.05) is 0 Å². The van der Waals surface area contributed by atoms with Crippen molar-refractivity contribution in [3.05, 3.63) is 76.3 Å². The molecule has 0 atom stereocenters. The minimum atomic E-state index is -3.62. The summed E-state index contributed by atoms with van der Waals surface area (Å²) in [4.78, 5) is 16.3. The molecule has 4 aromatic rings. The van der Waals surface area contributed by atoms with Gasteiger partial charge in [0.1, 0.15) is 11.6 Å². The zero-order valence-corrected chi connectivity index (χ0v) is 21.5. The summed E-state index contributed by atoms with van der Waals surface area (Å²) in [7, 11) is -2.04. The second-order valence-corrected chi connectivity index (χ2v) is 11.4. The number of H-pyrrole nitrogens is 1. The zero-order valence-electron chi connectivity index (χ0n) is 20.6. The van der Waals surface area contributed by atoms with Gasteiger partial charge in [-0.1, -0.05) is 0 Å². The third-order valence-corrected chi connectivity index (χ3v) is 8.24. The SMILES string of the molecule is CCS(=O)(=O)Nc1ccc(Oc2ccc(F)cc2F)c(-c2cn(C)c(=O)c3cc(C4(C#N)CCC4)[nH]c23)c1. The van der Waals surface area contributed by atoms with Gasteiger partial charge in [-0.2, -0.15) is 5.26 Å². The number of aromatic amines is 1. The quantitative estimate of drug-likeness (QED) is 0.331. The van der Waals surface area contributed by atoms with E-state index in [9.17, 15) is 27.3 Å². The van der Waals surface area contributed by atoms with Crippen LogP contribution >= 0.6 is 0 Å². The molecule has 0 saturated heterocycles. The third kappa shape index (κ3) is 4.41. The highest BCUT2D eigenvalue weighted by Crippen LogP contribution is 2.45. The third-order valence-electron chi connectivity index (χ3n) is 6.93. The summed E-state index contributed by atoms with van der Waals surface area (Å²) >= 11 is 0. The highest BCUT2D eigenvalue weighted by Gasteiger charge is 2.40. The largest absolute Gasteiger partial charge is 0.454 e. The lowest BCUT2D eigenvalue weighted by Gasteiger charge is -2.34. The average molecular weight is 539 g/mol. The highest BCUT2D eigenvalue weighted by molar-refractivity contribution is 7.92. The van der Waals surface area contributed by atoms with Gasteiger partial charge in [-0.3, -0.25) is 9.52 Å². The first-order valence-electron chi connectivity index (χ1n) is 12.0. The molecular formula is C27H24F2N4O4S. The first-order chi connectivity index (χ1) is 18.1. The van der Waals surface area contributed by atoms with Crippen LogP contribution in [-0.2, 0) is 22.5 Å². The Morgan fingerprint density at radius 3 is 2.50 bits per heavy atom. The number of fused-ring (bicyclic) bond motifs is 1. The van der Waals surface area contributed by atoms with E-state index < -0.39 is 27.1 Å². The van der Waals surface area contributed by atoms with Crippen LogP contribution in [0.3, 0.4) is 0 Å². The van der Waals surface area contributed by atoms with Crippen molar-refractivity contribution in [1.29, 1.82) is 5.26 Å². The molecule has 0 unspecified atom stereocenters. The van der Waals surface area contributed by atoms with Gasteiger partial charge in [0.2, 0.25) is 10.0 Å². The highest BCUT2D eigenvalue weighted by atomic mass is 32.2. The van der Waals surface area contributed by atoms with Crippen molar-refractivity contribution in [3.63, 3.8) is 0 Å². The molecule has 1 saturated carbocycles. The van der Waals surface area contributed by atoms with Gasteiger partial charge in [-0.15, -0.1) is 0 Å². The topological polar surface area (TPSA) is 117 Å². The molecule has 0 spiro atoms. The smallest absolute Gasteiger partial charge is 0.259 e. The Morgan fingerprint density at radius 2 is 1.87 bits per heavy atom. The number of aromatic nitrogens is 2. The Kier molecular flexibility index (Phi) is 6.23. The maximum absolute atomic E-state index is 14.5. The molecule has 1 fully saturated rings. The second kappa shape index (κ2) is 9.29. The Morgan fingerprint density at radius 1 is 1.13 bits per heavy atom. The van der Waals surface area contributed by atoms with Crippen LogP contribution in [0.25, 0.3) is 22.0 Å². The normalized spacial score (nSPS) is 14.6. The molecule has 0 bridgehead atoms. The van der Waals surface area contributed by atoms with Crippen molar-refractivity contribution >= 4 is 26.6 Å². The van der Waals surface area contributed by atoms with Crippen molar-refractivity contribution in [1.82, 2.24) is 9.55 Å². The van der Waals surface area contributed by atoms with Gasteiger partial charge < -0.3 is 14.3 Å². The summed E-state index contributed by atoms with van der Waals surface area (Å²) in [6.07, 6.45) is 3.79. The molecule has 0 aliphatic heterocycles. The maximum Gasteiger partial charge on any atom is 0.259 e. The fourth-order valence-corrected chi connectivity index (χ4v) is 5.23. The van der Waals surface area contributed by atoms with E-state index in [0.717, 1.165) is 18.6 Å². The van der Waals surface area contributed by atoms with Crippen LogP contribution in [0.15, 0.2) is 53.5 Å².